The Bertz CT molecular complexity index is 634. The zero-order valence-electron chi connectivity index (χ0n) is 12.9. The summed E-state index contributed by atoms with van der Waals surface area (Å²) < 4.78 is 38.8. The van der Waals surface area contributed by atoms with Crippen molar-refractivity contribution in [3.8, 4) is 5.75 Å². The number of morpholine rings is 1. The number of hydrogen-bond acceptors (Lipinski definition) is 5. The lowest BCUT2D eigenvalue weighted by atomic mass is 10.2. The highest BCUT2D eigenvalue weighted by atomic mass is 32.2. The first kappa shape index (κ1) is 15.7. The molecule has 2 heterocycles. The minimum absolute atomic E-state index is 0.0891. The van der Waals surface area contributed by atoms with E-state index >= 15 is 0 Å². The van der Waals surface area contributed by atoms with Gasteiger partial charge in [-0.3, -0.25) is 4.90 Å². The Hall–Kier alpha value is -1.15. The summed E-state index contributed by atoms with van der Waals surface area (Å²) >= 11 is 0. The fraction of sp³-hybridized carbons (Fsp3) is 0.600. The number of hydrogen-bond donors (Lipinski definition) is 1. The molecule has 1 aromatic carbocycles. The molecule has 2 aliphatic heterocycles. The van der Waals surface area contributed by atoms with Gasteiger partial charge in [-0.25, -0.2) is 13.1 Å². The van der Waals surface area contributed by atoms with Crippen LogP contribution in [0.2, 0.25) is 0 Å². The quantitative estimate of drug-likeness (QED) is 0.888. The second-order valence-electron chi connectivity index (χ2n) is 5.96. The molecular weight excluding hydrogens is 304 g/mol. The van der Waals surface area contributed by atoms with Crippen molar-refractivity contribution < 1.29 is 17.9 Å². The zero-order chi connectivity index (χ0) is 15.7. The number of fused-ring (bicyclic) bond motifs is 1. The summed E-state index contributed by atoms with van der Waals surface area (Å²) in [5, 5.41) is 0. The summed E-state index contributed by atoms with van der Waals surface area (Å²) in [5.41, 5.74) is 0. The number of para-hydroxylation sites is 1. The number of nitrogens with one attached hydrogen (secondary N) is 1. The summed E-state index contributed by atoms with van der Waals surface area (Å²) in [5.74, 6) is 0.364. The van der Waals surface area contributed by atoms with Crippen LogP contribution < -0.4 is 9.46 Å². The topological polar surface area (TPSA) is 67.9 Å². The first-order valence-electron chi connectivity index (χ1n) is 7.50. The van der Waals surface area contributed by atoms with E-state index in [1.807, 2.05) is 6.92 Å². The highest BCUT2D eigenvalue weighted by Crippen LogP contribution is 2.27. The molecule has 3 atom stereocenters. The first-order valence-corrected chi connectivity index (χ1v) is 8.99. The maximum atomic E-state index is 12.6. The largest absolute Gasteiger partial charge is 0.495 e. The molecule has 6 nitrogen and oxygen atoms in total. The molecule has 7 heteroatoms. The highest BCUT2D eigenvalue weighted by Gasteiger charge is 2.38. The molecule has 0 aliphatic carbocycles. The zero-order valence-corrected chi connectivity index (χ0v) is 13.7. The Morgan fingerprint density at radius 3 is 2.86 bits per heavy atom. The molecule has 2 aliphatic rings. The van der Waals surface area contributed by atoms with Gasteiger partial charge in [0.25, 0.3) is 0 Å². The van der Waals surface area contributed by atoms with E-state index in [1.54, 1.807) is 24.3 Å². The van der Waals surface area contributed by atoms with Gasteiger partial charge in [0.1, 0.15) is 10.6 Å². The normalized spacial score (nSPS) is 29.3. The fourth-order valence-electron chi connectivity index (χ4n) is 3.25. The molecule has 122 valence electrons. The van der Waals surface area contributed by atoms with Gasteiger partial charge in [0.2, 0.25) is 10.0 Å². The lowest BCUT2D eigenvalue weighted by Gasteiger charge is -2.33. The van der Waals surface area contributed by atoms with Gasteiger partial charge in [0.05, 0.1) is 19.8 Å². The summed E-state index contributed by atoms with van der Waals surface area (Å²) in [7, 11) is -2.11. The third-order valence-electron chi connectivity index (χ3n) is 4.27. The molecule has 0 spiro atoms. The van der Waals surface area contributed by atoms with Crippen molar-refractivity contribution in [2.45, 2.75) is 36.4 Å². The average molecular weight is 326 g/mol. The maximum absolute atomic E-state index is 12.6. The molecule has 3 rings (SSSR count). The van der Waals surface area contributed by atoms with Crippen LogP contribution in [0.25, 0.3) is 0 Å². The van der Waals surface area contributed by atoms with Gasteiger partial charge in [-0.2, -0.15) is 0 Å². The molecule has 22 heavy (non-hydrogen) atoms. The van der Waals surface area contributed by atoms with Crippen LogP contribution in [0, 0.1) is 0 Å². The van der Waals surface area contributed by atoms with Crippen LogP contribution in [0.5, 0.6) is 5.75 Å². The van der Waals surface area contributed by atoms with Gasteiger partial charge in [0, 0.05) is 25.2 Å². The summed E-state index contributed by atoms with van der Waals surface area (Å²) in [6.07, 6.45) is 0.988. The lowest BCUT2D eigenvalue weighted by Crippen LogP contribution is -2.45. The Morgan fingerprint density at radius 2 is 2.09 bits per heavy atom. The molecule has 0 unspecified atom stereocenters. The van der Waals surface area contributed by atoms with E-state index in [4.69, 9.17) is 9.47 Å². The van der Waals surface area contributed by atoms with Crippen molar-refractivity contribution in [1.82, 2.24) is 9.62 Å². The van der Waals surface area contributed by atoms with E-state index in [1.165, 1.54) is 7.11 Å². The van der Waals surface area contributed by atoms with E-state index < -0.39 is 10.0 Å². The standard InChI is InChI=1S/C15H22N2O4S/c1-11-8-17-9-12(7-13(17)10-21-11)16-22(18,19)15-6-4-3-5-14(15)20-2/h3-6,11-13,16H,7-10H2,1-2H3/t11-,12+,13+/m1/s1. The minimum atomic E-state index is -3.59. The van der Waals surface area contributed by atoms with Gasteiger partial charge in [-0.05, 0) is 25.5 Å². The van der Waals surface area contributed by atoms with E-state index in [-0.39, 0.29) is 17.0 Å². The average Bonchev–Trinajstić information content (AvgIpc) is 2.87. The van der Waals surface area contributed by atoms with Crippen LogP contribution in [0.3, 0.4) is 0 Å². The number of ether oxygens (including phenoxy) is 2. The third-order valence-corrected chi connectivity index (χ3v) is 5.83. The molecule has 0 radical (unpaired) electrons. The predicted octanol–water partition coefficient (Wildman–Crippen LogP) is 0.835. The number of sulfonamides is 1. The van der Waals surface area contributed by atoms with Crippen LogP contribution in [-0.2, 0) is 14.8 Å². The molecule has 1 aromatic rings. The second-order valence-corrected chi connectivity index (χ2v) is 7.64. The van der Waals surface area contributed by atoms with Crippen molar-refractivity contribution in [3.05, 3.63) is 24.3 Å². The van der Waals surface area contributed by atoms with Gasteiger partial charge < -0.3 is 9.47 Å². The molecule has 2 fully saturated rings. The van der Waals surface area contributed by atoms with Gasteiger partial charge in [-0.15, -0.1) is 0 Å². The first-order chi connectivity index (χ1) is 10.5. The number of rotatable bonds is 4. The Morgan fingerprint density at radius 1 is 1.32 bits per heavy atom. The van der Waals surface area contributed by atoms with E-state index in [0.717, 1.165) is 19.5 Å². The molecule has 1 N–H and O–H groups in total. The summed E-state index contributed by atoms with van der Waals surface area (Å²) in [6.45, 7) is 4.31. The van der Waals surface area contributed by atoms with Crippen LogP contribution in [-0.4, -0.2) is 58.3 Å². The molecule has 0 bridgehead atoms. The number of nitrogens with zero attached hydrogens (tertiary/aromatic N) is 1. The van der Waals surface area contributed by atoms with E-state index in [0.29, 0.717) is 18.4 Å². The van der Waals surface area contributed by atoms with Crippen LogP contribution in [0.1, 0.15) is 13.3 Å². The predicted molar refractivity (Wildman–Crippen MR) is 82.5 cm³/mol. The molecule has 0 amide bonds. The van der Waals surface area contributed by atoms with Crippen molar-refractivity contribution >= 4 is 10.0 Å². The number of benzene rings is 1. The van der Waals surface area contributed by atoms with Gasteiger partial charge in [-0.1, -0.05) is 12.1 Å². The molecular formula is C15H22N2O4S. The highest BCUT2D eigenvalue weighted by molar-refractivity contribution is 7.89. The van der Waals surface area contributed by atoms with Gasteiger partial charge in [0.15, 0.2) is 0 Å². The lowest BCUT2D eigenvalue weighted by molar-refractivity contribution is -0.0390. The Labute approximate surface area is 131 Å². The van der Waals surface area contributed by atoms with Gasteiger partial charge >= 0.3 is 0 Å². The second kappa shape index (κ2) is 6.16. The summed E-state index contributed by atoms with van der Waals surface area (Å²) in [4.78, 5) is 2.50. The molecule has 0 aromatic heterocycles. The smallest absolute Gasteiger partial charge is 0.244 e. The van der Waals surface area contributed by atoms with Crippen LogP contribution in [0.4, 0.5) is 0 Å². The minimum Gasteiger partial charge on any atom is -0.495 e. The van der Waals surface area contributed by atoms with Crippen molar-refractivity contribution in [2.24, 2.45) is 0 Å². The third kappa shape index (κ3) is 3.12. The van der Waals surface area contributed by atoms with Crippen LogP contribution >= 0.6 is 0 Å². The fourth-order valence-corrected chi connectivity index (χ4v) is 4.66. The number of methoxy groups -OCH3 is 1. The molecule has 0 saturated carbocycles. The monoisotopic (exact) mass is 326 g/mol. The summed E-state index contributed by atoms with van der Waals surface area (Å²) in [6, 6.07) is 6.89. The SMILES string of the molecule is COc1ccccc1S(=O)(=O)N[C@H]1C[C@H]2CO[C@H](C)CN2C1. The van der Waals surface area contributed by atoms with E-state index in [2.05, 4.69) is 9.62 Å². The van der Waals surface area contributed by atoms with Crippen molar-refractivity contribution in [1.29, 1.82) is 0 Å². The Kier molecular flexibility index (Phi) is 4.40. The van der Waals surface area contributed by atoms with Crippen LogP contribution in [0.15, 0.2) is 29.2 Å². The van der Waals surface area contributed by atoms with Crippen molar-refractivity contribution in [3.63, 3.8) is 0 Å². The Balaban J connectivity index is 1.73. The maximum Gasteiger partial charge on any atom is 0.244 e. The van der Waals surface area contributed by atoms with Crippen molar-refractivity contribution in [2.75, 3.05) is 26.8 Å². The van der Waals surface area contributed by atoms with E-state index in [9.17, 15) is 8.42 Å². The molecule has 2 saturated heterocycles.